The molecule has 2 aromatic heterocycles. The molecule has 0 atom stereocenters. The molecule has 170 valence electrons. The zero-order valence-corrected chi connectivity index (χ0v) is 20.0. The minimum atomic E-state index is -0.304. The highest BCUT2D eigenvalue weighted by molar-refractivity contribution is 7.71. The van der Waals surface area contributed by atoms with E-state index in [0.717, 1.165) is 11.3 Å². The molecule has 3 aromatic carbocycles. The van der Waals surface area contributed by atoms with Gasteiger partial charge >= 0.3 is 0 Å². The summed E-state index contributed by atoms with van der Waals surface area (Å²) in [4.78, 5) is 18.0. The number of amides is 1. The van der Waals surface area contributed by atoms with Crippen LogP contribution in [0.4, 0.5) is 0 Å². The normalized spacial score (nSPS) is 11.7. The predicted molar refractivity (Wildman–Crippen MR) is 135 cm³/mol. The molecule has 0 fully saturated rings. The van der Waals surface area contributed by atoms with Crippen molar-refractivity contribution in [1.29, 1.82) is 0 Å². The molecule has 7 nitrogen and oxygen atoms in total. The van der Waals surface area contributed by atoms with Crippen molar-refractivity contribution in [2.75, 3.05) is 7.11 Å². The average molecular weight is 488 g/mol. The van der Waals surface area contributed by atoms with Gasteiger partial charge in [0.2, 0.25) is 0 Å². The summed E-state index contributed by atoms with van der Waals surface area (Å²) in [5.41, 5.74) is 1.99. The van der Waals surface area contributed by atoms with E-state index in [1.54, 1.807) is 11.7 Å². The van der Waals surface area contributed by atoms with Crippen molar-refractivity contribution in [3.63, 3.8) is 0 Å². The van der Waals surface area contributed by atoms with Crippen molar-refractivity contribution < 1.29 is 9.53 Å². The Bertz CT molecular complexity index is 1590. The van der Waals surface area contributed by atoms with E-state index in [-0.39, 0.29) is 12.5 Å². The van der Waals surface area contributed by atoms with Crippen LogP contribution in [0.3, 0.4) is 0 Å². The molecule has 0 aliphatic heterocycles. The van der Waals surface area contributed by atoms with Gasteiger partial charge in [-0.1, -0.05) is 42.5 Å². The van der Waals surface area contributed by atoms with Crippen molar-refractivity contribution in [1.82, 2.24) is 19.3 Å². The number of H-pyrrole nitrogens is 1. The van der Waals surface area contributed by atoms with Crippen LogP contribution in [0.25, 0.3) is 22.2 Å². The summed E-state index contributed by atoms with van der Waals surface area (Å²) in [6.07, 6.45) is 1.95. The second-order valence-corrected chi connectivity index (χ2v) is 8.88. The molecule has 1 amide bonds. The maximum Gasteiger partial charge on any atom is 0.268 e. The summed E-state index contributed by atoms with van der Waals surface area (Å²) in [7, 11) is 1.61. The van der Waals surface area contributed by atoms with Crippen LogP contribution in [0.2, 0.25) is 0 Å². The van der Waals surface area contributed by atoms with Crippen LogP contribution in [-0.2, 0) is 17.9 Å². The molecule has 5 rings (SSSR count). The van der Waals surface area contributed by atoms with Gasteiger partial charge in [-0.3, -0.25) is 14.5 Å². The lowest BCUT2D eigenvalue weighted by molar-refractivity contribution is -0.118. The maximum atomic E-state index is 12.9. The van der Waals surface area contributed by atoms with Gasteiger partial charge in [0.25, 0.3) is 5.91 Å². The first-order valence-corrected chi connectivity index (χ1v) is 11.9. The van der Waals surface area contributed by atoms with Crippen molar-refractivity contribution in [3.05, 3.63) is 93.4 Å². The third kappa shape index (κ3) is 4.48. The fourth-order valence-corrected chi connectivity index (χ4v) is 4.76. The first kappa shape index (κ1) is 22.0. The molecule has 0 aliphatic carbocycles. The second-order valence-electron chi connectivity index (χ2n) is 7.62. The van der Waals surface area contributed by atoms with Gasteiger partial charge in [-0.05, 0) is 52.8 Å². The zero-order chi connectivity index (χ0) is 23.5. The third-order valence-corrected chi connectivity index (χ3v) is 6.61. The van der Waals surface area contributed by atoms with E-state index in [4.69, 9.17) is 17.0 Å². The Morgan fingerprint density at radius 1 is 1.12 bits per heavy atom. The Kier molecular flexibility index (Phi) is 6.20. The maximum absolute atomic E-state index is 12.9. The van der Waals surface area contributed by atoms with E-state index >= 15 is 0 Å². The van der Waals surface area contributed by atoms with Gasteiger partial charge < -0.3 is 9.30 Å². The van der Waals surface area contributed by atoms with Gasteiger partial charge in [-0.2, -0.15) is 10.1 Å². The van der Waals surface area contributed by atoms with Crippen LogP contribution in [0.5, 0.6) is 5.75 Å². The zero-order valence-electron chi connectivity index (χ0n) is 18.3. The van der Waals surface area contributed by atoms with Crippen LogP contribution >= 0.6 is 23.6 Å². The lowest BCUT2D eigenvalue weighted by Crippen LogP contribution is -2.19. The standard InChI is InChI=1S/C25H21N5O2S2/c1-32-20-11-9-18(10-12-20)23-27-28-24(33)30(23)16-22(31)26-25-29(13-14-34-25)15-19-7-4-6-17-5-2-3-8-21(17)19/h2-14H,15-16H2,1H3,(H,28,33). The summed E-state index contributed by atoms with van der Waals surface area (Å²) in [6, 6.07) is 22.0. The van der Waals surface area contributed by atoms with Gasteiger partial charge in [-0.15, -0.1) is 11.3 Å². The molecule has 0 aliphatic rings. The van der Waals surface area contributed by atoms with E-state index in [1.165, 1.54) is 27.7 Å². The van der Waals surface area contributed by atoms with Crippen molar-refractivity contribution in [2.24, 2.45) is 4.99 Å². The number of aromatic amines is 1. The smallest absolute Gasteiger partial charge is 0.268 e. The van der Waals surface area contributed by atoms with Crippen LogP contribution in [0.15, 0.2) is 83.3 Å². The molecule has 0 spiro atoms. The Labute approximate surface area is 204 Å². The average Bonchev–Trinajstić information content (AvgIpc) is 3.45. The lowest BCUT2D eigenvalue weighted by atomic mass is 10.0. The van der Waals surface area contributed by atoms with Crippen LogP contribution in [0, 0.1) is 4.77 Å². The number of benzene rings is 3. The summed E-state index contributed by atoms with van der Waals surface area (Å²) in [5, 5.41) is 11.4. The highest BCUT2D eigenvalue weighted by Crippen LogP contribution is 2.21. The number of nitrogens with zero attached hydrogens (tertiary/aromatic N) is 4. The van der Waals surface area contributed by atoms with E-state index in [2.05, 4.69) is 39.5 Å². The molecule has 0 saturated heterocycles. The number of ether oxygens (including phenoxy) is 1. The Balaban J connectivity index is 1.41. The molecule has 0 unspecified atom stereocenters. The minimum Gasteiger partial charge on any atom is -0.497 e. The quantitative estimate of drug-likeness (QED) is 0.349. The third-order valence-electron chi connectivity index (χ3n) is 5.50. The fourth-order valence-electron chi connectivity index (χ4n) is 3.82. The number of fused-ring (bicyclic) bond motifs is 1. The number of thiazole rings is 1. The first-order chi connectivity index (χ1) is 16.6. The van der Waals surface area contributed by atoms with E-state index in [9.17, 15) is 4.79 Å². The second kappa shape index (κ2) is 9.58. The Morgan fingerprint density at radius 2 is 1.91 bits per heavy atom. The lowest BCUT2D eigenvalue weighted by Gasteiger charge is -2.08. The highest BCUT2D eigenvalue weighted by Gasteiger charge is 2.13. The first-order valence-electron chi connectivity index (χ1n) is 10.6. The predicted octanol–water partition coefficient (Wildman–Crippen LogP) is 4.81. The molecule has 0 bridgehead atoms. The van der Waals surface area contributed by atoms with Crippen molar-refractivity contribution in [3.8, 4) is 17.1 Å². The molecule has 0 saturated carbocycles. The van der Waals surface area contributed by atoms with Gasteiger partial charge in [0.05, 0.1) is 13.7 Å². The number of hydrogen-bond donors (Lipinski definition) is 1. The van der Waals surface area contributed by atoms with Gasteiger partial charge in [0.15, 0.2) is 15.4 Å². The van der Waals surface area contributed by atoms with Crippen LogP contribution in [0.1, 0.15) is 5.56 Å². The number of carbonyl (C=O) groups is 1. The topological polar surface area (TPSA) is 77.2 Å². The van der Waals surface area contributed by atoms with Gasteiger partial charge in [-0.25, -0.2) is 0 Å². The molecular weight excluding hydrogens is 466 g/mol. The molecule has 2 heterocycles. The summed E-state index contributed by atoms with van der Waals surface area (Å²) in [6.45, 7) is 0.613. The molecular formula is C25H21N5O2S2. The number of hydrogen-bond acceptors (Lipinski definition) is 5. The number of methoxy groups -OCH3 is 1. The highest BCUT2D eigenvalue weighted by atomic mass is 32.1. The van der Waals surface area contributed by atoms with E-state index in [1.807, 2.05) is 58.6 Å². The fraction of sp³-hybridized carbons (Fsp3) is 0.120. The number of rotatable bonds is 6. The molecule has 9 heteroatoms. The van der Waals surface area contributed by atoms with E-state index in [0.29, 0.717) is 21.9 Å². The van der Waals surface area contributed by atoms with Gasteiger partial charge in [0, 0.05) is 17.1 Å². The minimum absolute atomic E-state index is 0.0110. The molecule has 1 N–H and O–H groups in total. The summed E-state index contributed by atoms with van der Waals surface area (Å²) in [5.74, 6) is 1.01. The van der Waals surface area contributed by atoms with Crippen LogP contribution < -0.4 is 9.54 Å². The largest absolute Gasteiger partial charge is 0.497 e. The van der Waals surface area contributed by atoms with Gasteiger partial charge in [0.1, 0.15) is 12.3 Å². The summed E-state index contributed by atoms with van der Waals surface area (Å²) >= 11 is 6.80. The summed E-state index contributed by atoms with van der Waals surface area (Å²) < 4.78 is 9.23. The van der Waals surface area contributed by atoms with Crippen molar-refractivity contribution in [2.45, 2.75) is 13.1 Å². The molecule has 5 aromatic rings. The Morgan fingerprint density at radius 3 is 2.74 bits per heavy atom. The number of aromatic nitrogens is 4. The van der Waals surface area contributed by atoms with Crippen molar-refractivity contribution >= 4 is 40.2 Å². The van der Waals surface area contributed by atoms with E-state index < -0.39 is 0 Å². The Hall–Kier alpha value is -3.82. The van der Waals surface area contributed by atoms with Crippen LogP contribution in [-0.4, -0.2) is 32.3 Å². The number of carbonyl (C=O) groups excluding carboxylic acids is 1. The molecule has 0 radical (unpaired) electrons. The SMILES string of the molecule is COc1ccc(-c2n[nH]c(=S)n2CC(=O)N=c2sccn2Cc2cccc3ccccc23)cc1. The molecule has 34 heavy (non-hydrogen) atoms. The number of nitrogens with one attached hydrogen (secondary N) is 1. The monoisotopic (exact) mass is 487 g/mol.